The molecule has 0 bridgehead atoms. The molecular formula is C17H17BrINO. The first-order valence-electron chi connectivity index (χ1n) is 6.88. The van der Waals surface area contributed by atoms with Gasteiger partial charge in [-0.15, -0.1) is 0 Å². The van der Waals surface area contributed by atoms with Gasteiger partial charge in [0.25, 0.3) is 5.91 Å². The fraction of sp³-hybridized carbons (Fsp3) is 0.235. The van der Waals surface area contributed by atoms with E-state index in [-0.39, 0.29) is 5.91 Å². The molecule has 0 aliphatic rings. The van der Waals surface area contributed by atoms with Crippen molar-refractivity contribution >= 4 is 50.1 Å². The second-order valence-electron chi connectivity index (χ2n) is 4.97. The molecule has 0 heterocycles. The second-order valence-corrected chi connectivity index (χ2v) is 7.05. The molecule has 0 saturated carbocycles. The molecule has 2 rings (SSSR count). The topological polar surface area (TPSA) is 29.1 Å². The summed E-state index contributed by atoms with van der Waals surface area (Å²) in [6.45, 7) is 4.33. The van der Waals surface area contributed by atoms with Gasteiger partial charge in [0, 0.05) is 13.7 Å². The summed E-state index contributed by atoms with van der Waals surface area (Å²) in [5.74, 6) is 0.347. The number of hydrogen-bond acceptors (Lipinski definition) is 1. The van der Waals surface area contributed by atoms with Crippen LogP contribution in [0.15, 0.2) is 46.9 Å². The fourth-order valence-electron chi connectivity index (χ4n) is 2.12. The average Bonchev–Trinajstić information content (AvgIpc) is 2.49. The number of halogens is 2. The highest BCUT2D eigenvalue weighted by Crippen LogP contribution is 2.27. The summed E-state index contributed by atoms with van der Waals surface area (Å²) < 4.78 is 1.84. The number of hydrogen-bond donors (Lipinski definition) is 1. The number of nitrogens with one attached hydrogen (secondary N) is 1. The van der Waals surface area contributed by atoms with Crippen LogP contribution in [-0.2, 0) is 0 Å². The van der Waals surface area contributed by atoms with Crippen LogP contribution in [-0.4, -0.2) is 5.91 Å². The van der Waals surface area contributed by atoms with Crippen molar-refractivity contribution in [1.82, 2.24) is 0 Å². The molecule has 0 fully saturated rings. The highest BCUT2D eigenvalue weighted by Gasteiger charge is 2.14. The second kappa shape index (κ2) is 7.40. The monoisotopic (exact) mass is 457 g/mol. The number of para-hydroxylation sites is 1. The predicted molar refractivity (Wildman–Crippen MR) is 100.0 cm³/mol. The SMILES string of the molecule is CCC(C)c1ccccc1NC(=O)c1cc(Br)ccc1I. The Bertz CT molecular complexity index is 657. The van der Waals surface area contributed by atoms with Gasteiger partial charge >= 0.3 is 0 Å². The lowest BCUT2D eigenvalue weighted by Crippen LogP contribution is -2.15. The summed E-state index contributed by atoms with van der Waals surface area (Å²) in [6, 6.07) is 13.7. The molecule has 0 saturated heterocycles. The van der Waals surface area contributed by atoms with E-state index in [4.69, 9.17) is 0 Å². The Hall–Kier alpha value is -0.880. The van der Waals surface area contributed by atoms with E-state index in [0.717, 1.165) is 20.2 Å². The Labute approximate surface area is 147 Å². The minimum Gasteiger partial charge on any atom is -0.322 e. The van der Waals surface area contributed by atoms with Crippen LogP contribution in [0.4, 0.5) is 5.69 Å². The standard InChI is InChI=1S/C17H17BrINO/c1-3-11(2)13-6-4-5-7-16(13)20-17(21)14-10-12(18)8-9-15(14)19/h4-11H,3H2,1-2H3,(H,20,21). The molecule has 2 aromatic carbocycles. The quantitative estimate of drug-likeness (QED) is 0.576. The minimum atomic E-state index is -0.0727. The highest BCUT2D eigenvalue weighted by atomic mass is 127. The summed E-state index contributed by atoms with van der Waals surface area (Å²) in [7, 11) is 0. The van der Waals surface area contributed by atoms with Crippen LogP contribution < -0.4 is 5.32 Å². The van der Waals surface area contributed by atoms with Crippen molar-refractivity contribution in [1.29, 1.82) is 0 Å². The first kappa shape index (κ1) is 16.5. The lowest BCUT2D eigenvalue weighted by Gasteiger charge is -2.16. The molecule has 4 heteroatoms. The van der Waals surface area contributed by atoms with Crippen LogP contribution in [0.25, 0.3) is 0 Å². The zero-order chi connectivity index (χ0) is 15.4. The lowest BCUT2D eigenvalue weighted by molar-refractivity contribution is 0.102. The van der Waals surface area contributed by atoms with Crippen molar-refractivity contribution in [2.24, 2.45) is 0 Å². The van der Waals surface area contributed by atoms with Crippen molar-refractivity contribution < 1.29 is 4.79 Å². The Morgan fingerprint density at radius 3 is 2.71 bits per heavy atom. The third-order valence-electron chi connectivity index (χ3n) is 3.53. The third-order valence-corrected chi connectivity index (χ3v) is 4.96. The van der Waals surface area contributed by atoms with E-state index in [1.54, 1.807) is 0 Å². The molecule has 0 aromatic heterocycles. The van der Waals surface area contributed by atoms with Crippen LogP contribution in [0.5, 0.6) is 0 Å². The van der Waals surface area contributed by atoms with Gasteiger partial charge in [0.05, 0.1) is 5.56 Å². The van der Waals surface area contributed by atoms with E-state index in [9.17, 15) is 4.79 Å². The predicted octanol–water partition coefficient (Wildman–Crippen LogP) is 5.82. The highest BCUT2D eigenvalue weighted by molar-refractivity contribution is 14.1. The Morgan fingerprint density at radius 1 is 1.29 bits per heavy atom. The van der Waals surface area contributed by atoms with E-state index in [1.807, 2.05) is 36.4 Å². The number of carbonyl (C=O) groups is 1. The molecule has 1 atom stereocenters. The Kier molecular flexibility index (Phi) is 5.81. The molecule has 2 aromatic rings. The van der Waals surface area contributed by atoms with Gasteiger partial charge in [-0.05, 0) is 64.8 Å². The lowest BCUT2D eigenvalue weighted by atomic mass is 9.97. The number of amides is 1. The molecule has 0 radical (unpaired) electrons. The molecule has 0 aliphatic carbocycles. The van der Waals surface area contributed by atoms with Crippen molar-refractivity contribution in [2.75, 3.05) is 5.32 Å². The Balaban J connectivity index is 2.30. The molecule has 1 N–H and O–H groups in total. The van der Waals surface area contributed by atoms with Crippen molar-refractivity contribution in [3.63, 3.8) is 0 Å². The number of benzene rings is 2. The number of anilines is 1. The first-order chi connectivity index (χ1) is 10.0. The van der Waals surface area contributed by atoms with Crippen molar-refractivity contribution in [2.45, 2.75) is 26.2 Å². The van der Waals surface area contributed by atoms with Crippen LogP contribution in [0.3, 0.4) is 0 Å². The van der Waals surface area contributed by atoms with E-state index in [2.05, 4.69) is 63.8 Å². The van der Waals surface area contributed by atoms with Gasteiger partial charge in [-0.3, -0.25) is 4.79 Å². The van der Waals surface area contributed by atoms with Crippen LogP contribution >= 0.6 is 38.5 Å². The molecule has 0 aliphatic heterocycles. The molecule has 110 valence electrons. The van der Waals surface area contributed by atoms with Crippen LogP contribution in [0, 0.1) is 3.57 Å². The van der Waals surface area contributed by atoms with Crippen molar-refractivity contribution in [3.05, 3.63) is 61.6 Å². The van der Waals surface area contributed by atoms with Gasteiger partial charge in [-0.2, -0.15) is 0 Å². The maximum atomic E-state index is 12.5. The van der Waals surface area contributed by atoms with Crippen molar-refractivity contribution in [3.8, 4) is 0 Å². The van der Waals surface area contributed by atoms with Crippen LogP contribution in [0.2, 0.25) is 0 Å². The molecular weight excluding hydrogens is 441 g/mol. The van der Waals surface area contributed by atoms with Gasteiger partial charge in [-0.25, -0.2) is 0 Å². The summed E-state index contributed by atoms with van der Waals surface area (Å²) in [4.78, 5) is 12.5. The summed E-state index contributed by atoms with van der Waals surface area (Å²) in [6.07, 6.45) is 1.04. The third kappa shape index (κ3) is 4.07. The molecule has 2 nitrogen and oxygen atoms in total. The van der Waals surface area contributed by atoms with E-state index >= 15 is 0 Å². The van der Waals surface area contributed by atoms with Gasteiger partial charge in [0.1, 0.15) is 0 Å². The minimum absolute atomic E-state index is 0.0727. The Morgan fingerprint density at radius 2 is 2.00 bits per heavy atom. The van der Waals surface area contributed by atoms with Gasteiger partial charge < -0.3 is 5.32 Å². The molecule has 21 heavy (non-hydrogen) atoms. The summed E-state index contributed by atoms with van der Waals surface area (Å²) >= 11 is 5.60. The van der Waals surface area contributed by atoms with Gasteiger partial charge in [-0.1, -0.05) is 48.0 Å². The maximum Gasteiger partial charge on any atom is 0.256 e. The van der Waals surface area contributed by atoms with Gasteiger partial charge in [0.15, 0.2) is 0 Å². The summed E-state index contributed by atoms with van der Waals surface area (Å²) in [5, 5.41) is 3.05. The maximum absolute atomic E-state index is 12.5. The van der Waals surface area contributed by atoms with E-state index < -0.39 is 0 Å². The molecule has 0 spiro atoms. The smallest absolute Gasteiger partial charge is 0.256 e. The zero-order valence-electron chi connectivity index (χ0n) is 12.0. The van der Waals surface area contributed by atoms with E-state index in [0.29, 0.717) is 11.5 Å². The summed E-state index contributed by atoms with van der Waals surface area (Å²) in [5.41, 5.74) is 2.76. The molecule has 1 unspecified atom stereocenters. The average molecular weight is 458 g/mol. The fourth-order valence-corrected chi connectivity index (χ4v) is 3.06. The normalized spacial score (nSPS) is 12.0. The first-order valence-corrected chi connectivity index (χ1v) is 8.75. The van der Waals surface area contributed by atoms with E-state index in [1.165, 1.54) is 5.56 Å². The number of carbonyl (C=O) groups excluding carboxylic acids is 1. The van der Waals surface area contributed by atoms with Gasteiger partial charge in [0.2, 0.25) is 0 Å². The zero-order valence-corrected chi connectivity index (χ0v) is 15.7. The number of rotatable bonds is 4. The largest absolute Gasteiger partial charge is 0.322 e. The van der Waals surface area contributed by atoms with Crippen LogP contribution in [0.1, 0.15) is 42.1 Å². The molecule has 1 amide bonds.